The number of halogens is 1. The minimum atomic E-state index is -1.27. The summed E-state index contributed by atoms with van der Waals surface area (Å²) in [6.45, 7) is 3.32. The maximum absolute atomic E-state index is 11.5. The number of aromatic carboxylic acids is 1. The SMILES string of the molecule is CC(C)(Br)C(=O)Oc1ccc(C(=O)[O-])cc1. The van der Waals surface area contributed by atoms with E-state index in [0.717, 1.165) is 0 Å². The number of hydrogen-bond acceptors (Lipinski definition) is 4. The van der Waals surface area contributed by atoms with E-state index in [1.54, 1.807) is 13.8 Å². The Balaban J connectivity index is 2.77. The summed E-state index contributed by atoms with van der Waals surface area (Å²) in [5, 5.41) is 10.5. The van der Waals surface area contributed by atoms with Crippen molar-refractivity contribution in [3.05, 3.63) is 29.8 Å². The van der Waals surface area contributed by atoms with Crippen LogP contribution in [0, 0.1) is 0 Å². The van der Waals surface area contributed by atoms with E-state index in [1.807, 2.05) is 0 Å². The molecule has 0 unspecified atom stereocenters. The van der Waals surface area contributed by atoms with Crippen LogP contribution in [0.25, 0.3) is 0 Å². The second-order valence-corrected chi connectivity index (χ2v) is 5.66. The molecule has 5 heteroatoms. The lowest BCUT2D eigenvalue weighted by atomic mass is 10.2. The molecule has 1 rings (SSSR count). The largest absolute Gasteiger partial charge is 0.545 e. The Hall–Kier alpha value is -1.36. The molecule has 16 heavy (non-hydrogen) atoms. The fraction of sp³-hybridized carbons (Fsp3) is 0.273. The van der Waals surface area contributed by atoms with Crippen molar-refractivity contribution in [3.8, 4) is 5.75 Å². The first-order valence-electron chi connectivity index (χ1n) is 4.53. The van der Waals surface area contributed by atoms with Crippen LogP contribution in [-0.2, 0) is 4.79 Å². The van der Waals surface area contributed by atoms with Crippen LogP contribution in [0.15, 0.2) is 24.3 Å². The predicted molar refractivity (Wildman–Crippen MR) is 59.4 cm³/mol. The van der Waals surface area contributed by atoms with Crippen LogP contribution in [0.5, 0.6) is 5.75 Å². The van der Waals surface area contributed by atoms with Gasteiger partial charge in [0.1, 0.15) is 10.1 Å². The first-order chi connectivity index (χ1) is 7.30. The Labute approximate surface area is 101 Å². The molecule has 0 aliphatic heterocycles. The molecule has 4 nitrogen and oxygen atoms in total. The van der Waals surface area contributed by atoms with Gasteiger partial charge < -0.3 is 14.6 Å². The molecule has 0 radical (unpaired) electrons. The number of benzene rings is 1. The third kappa shape index (κ3) is 3.34. The maximum Gasteiger partial charge on any atom is 0.327 e. The van der Waals surface area contributed by atoms with Crippen molar-refractivity contribution in [1.82, 2.24) is 0 Å². The number of hydrogen-bond donors (Lipinski definition) is 0. The van der Waals surface area contributed by atoms with E-state index in [4.69, 9.17) is 4.74 Å². The van der Waals surface area contributed by atoms with Crippen LogP contribution in [-0.4, -0.2) is 16.3 Å². The van der Waals surface area contributed by atoms with Crippen LogP contribution in [0.1, 0.15) is 24.2 Å². The van der Waals surface area contributed by atoms with E-state index in [0.29, 0.717) is 5.75 Å². The molecule has 86 valence electrons. The Bertz CT molecular complexity index is 403. The van der Waals surface area contributed by atoms with Gasteiger partial charge in [-0.25, -0.2) is 0 Å². The third-order valence-corrected chi connectivity index (χ3v) is 2.11. The summed E-state index contributed by atoms with van der Waals surface area (Å²) >= 11 is 3.16. The second kappa shape index (κ2) is 4.65. The zero-order valence-electron chi connectivity index (χ0n) is 8.82. The molecule has 0 saturated carbocycles. The standard InChI is InChI=1S/C11H11BrO4/c1-11(2,12)10(15)16-8-5-3-7(4-6-8)9(13)14/h3-6H,1-2H3,(H,13,14)/p-1. The normalized spacial score (nSPS) is 10.9. The summed E-state index contributed by atoms with van der Waals surface area (Å²) in [5.74, 6) is -1.42. The quantitative estimate of drug-likeness (QED) is 0.474. The van der Waals surface area contributed by atoms with Crippen LogP contribution >= 0.6 is 15.9 Å². The Kier molecular flexibility index (Phi) is 3.70. The molecule has 0 heterocycles. The van der Waals surface area contributed by atoms with Crippen molar-refractivity contribution in [3.63, 3.8) is 0 Å². The van der Waals surface area contributed by atoms with Crippen molar-refractivity contribution in [2.75, 3.05) is 0 Å². The molecule has 1 aromatic rings. The number of alkyl halides is 1. The highest BCUT2D eigenvalue weighted by atomic mass is 79.9. The first-order valence-corrected chi connectivity index (χ1v) is 5.32. The summed E-state index contributed by atoms with van der Waals surface area (Å²) in [6, 6.07) is 5.45. The average molecular weight is 286 g/mol. The Morgan fingerprint density at radius 1 is 1.25 bits per heavy atom. The number of rotatable bonds is 3. The van der Waals surface area contributed by atoms with Gasteiger partial charge in [-0.2, -0.15) is 0 Å². The van der Waals surface area contributed by atoms with Gasteiger partial charge >= 0.3 is 5.97 Å². The van der Waals surface area contributed by atoms with E-state index in [2.05, 4.69) is 15.9 Å². The number of carboxylic acid groups (broad SMARTS) is 1. The van der Waals surface area contributed by atoms with E-state index in [-0.39, 0.29) is 5.56 Å². The molecule has 0 N–H and O–H groups in total. The molecule has 0 bridgehead atoms. The van der Waals surface area contributed by atoms with Gasteiger partial charge in [-0.15, -0.1) is 0 Å². The summed E-state index contributed by atoms with van der Waals surface area (Å²) in [6.07, 6.45) is 0. The van der Waals surface area contributed by atoms with Crippen molar-refractivity contribution in [2.45, 2.75) is 18.2 Å². The van der Waals surface area contributed by atoms with Crippen LogP contribution in [0.4, 0.5) is 0 Å². The summed E-state index contributed by atoms with van der Waals surface area (Å²) < 4.78 is 4.24. The highest BCUT2D eigenvalue weighted by molar-refractivity contribution is 9.10. The van der Waals surface area contributed by atoms with Gasteiger partial charge in [-0.1, -0.05) is 15.9 Å². The predicted octanol–water partition coefficient (Wildman–Crippen LogP) is 1.13. The third-order valence-electron chi connectivity index (χ3n) is 1.79. The van der Waals surface area contributed by atoms with Crippen molar-refractivity contribution >= 4 is 27.9 Å². The molecule has 1 aromatic carbocycles. The monoisotopic (exact) mass is 285 g/mol. The lowest BCUT2D eigenvalue weighted by Crippen LogP contribution is -2.29. The average Bonchev–Trinajstić information content (AvgIpc) is 2.17. The number of esters is 1. The fourth-order valence-electron chi connectivity index (χ4n) is 0.887. The van der Waals surface area contributed by atoms with Gasteiger partial charge in [0.25, 0.3) is 0 Å². The Morgan fingerprint density at radius 2 is 1.75 bits per heavy atom. The van der Waals surface area contributed by atoms with Crippen LogP contribution in [0.2, 0.25) is 0 Å². The molecular formula is C11H10BrO4-. The van der Waals surface area contributed by atoms with Gasteiger partial charge in [0.2, 0.25) is 0 Å². The number of carbonyl (C=O) groups excluding carboxylic acids is 2. The molecule has 0 amide bonds. The molecule has 0 aliphatic rings. The van der Waals surface area contributed by atoms with Gasteiger partial charge in [0.05, 0.1) is 5.97 Å². The Morgan fingerprint density at radius 3 is 2.12 bits per heavy atom. The number of carboxylic acids is 1. The first kappa shape index (κ1) is 12.7. The van der Waals surface area contributed by atoms with E-state index in [9.17, 15) is 14.7 Å². The van der Waals surface area contributed by atoms with Gasteiger partial charge in [0, 0.05) is 0 Å². The molecule has 0 atom stereocenters. The van der Waals surface area contributed by atoms with Gasteiger partial charge in [-0.3, -0.25) is 4.79 Å². The highest BCUT2D eigenvalue weighted by Crippen LogP contribution is 2.20. The number of carbonyl (C=O) groups is 2. The molecular weight excluding hydrogens is 276 g/mol. The lowest BCUT2D eigenvalue weighted by molar-refractivity contribution is -0.255. The fourth-order valence-corrected chi connectivity index (χ4v) is 0.968. The second-order valence-electron chi connectivity index (χ2n) is 3.67. The summed E-state index contributed by atoms with van der Waals surface area (Å²) in [5.41, 5.74) is 0.0397. The molecule has 0 saturated heterocycles. The lowest BCUT2D eigenvalue weighted by Gasteiger charge is -2.14. The maximum atomic E-state index is 11.5. The van der Waals surface area contributed by atoms with Crippen LogP contribution < -0.4 is 9.84 Å². The molecule has 0 aromatic heterocycles. The molecule has 0 spiro atoms. The zero-order valence-corrected chi connectivity index (χ0v) is 10.4. The summed E-state index contributed by atoms with van der Waals surface area (Å²) in [4.78, 5) is 21.9. The van der Waals surface area contributed by atoms with Gasteiger partial charge in [-0.05, 0) is 43.7 Å². The zero-order chi connectivity index (χ0) is 12.3. The van der Waals surface area contributed by atoms with Crippen LogP contribution in [0.3, 0.4) is 0 Å². The van der Waals surface area contributed by atoms with E-state index < -0.39 is 16.3 Å². The van der Waals surface area contributed by atoms with E-state index >= 15 is 0 Å². The van der Waals surface area contributed by atoms with Crippen molar-refractivity contribution in [1.29, 1.82) is 0 Å². The van der Waals surface area contributed by atoms with Gasteiger partial charge in [0.15, 0.2) is 0 Å². The smallest absolute Gasteiger partial charge is 0.327 e. The van der Waals surface area contributed by atoms with E-state index in [1.165, 1.54) is 24.3 Å². The minimum Gasteiger partial charge on any atom is -0.545 e. The van der Waals surface area contributed by atoms with Crippen molar-refractivity contribution in [2.24, 2.45) is 0 Å². The number of ether oxygens (including phenoxy) is 1. The minimum absolute atomic E-state index is 0.0397. The topological polar surface area (TPSA) is 66.4 Å². The van der Waals surface area contributed by atoms with Crippen molar-refractivity contribution < 1.29 is 19.4 Å². The highest BCUT2D eigenvalue weighted by Gasteiger charge is 2.25. The molecule has 0 aliphatic carbocycles. The summed E-state index contributed by atoms with van der Waals surface area (Å²) in [7, 11) is 0. The molecule has 0 fully saturated rings.